The highest BCUT2D eigenvalue weighted by atomic mass is 16.3. The minimum Gasteiger partial charge on any atom is -0.468 e. The van der Waals surface area contributed by atoms with Gasteiger partial charge in [0.1, 0.15) is 11.8 Å². The highest BCUT2D eigenvalue weighted by Crippen LogP contribution is 2.32. The fourth-order valence-corrected chi connectivity index (χ4v) is 3.71. The predicted octanol–water partition coefficient (Wildman–Crippen LogP) is 2.34. The van der Waals surface area contributed by atoms with Crippen molar-refractivity contribution in [3.8, 4) is 0 Å². The van der Waals surface area contributed by atoms with E-state index in [0.29, 0.717) is 6.42 Å². The van der Waals surface area contributed by atoms with Gasteiger partial charge < -0.3 is 9.32 Å². The summed E-state index contributed by atoms with van der Waals surface area (Å²) in [5.41, 5.74) is 7.45. The second kappa shape index (κ2) is 6.75. The van der Waals surface area contributed by atoms with Gasteiger partial charge in [-0.2, -0.15) is 0 Å². The molecule has 2 aromatic rings. The number of hydrogen-bond donors (Lipinski definition) is 2. The summed E-state index contributed by atoms with van der Waals surface area (Å²) in [5, 5.41) is 0. The number of nitrogens with one attached hydrogen (secondary N) is 2. The van der Waals surface area contributed by atoms with Crippen LogP contribution in [0.2, 0.25) is 0 Å². The smallest absolute Gasteiger partial charge is 0.241 e. The summed E-state index contributed by atoms with van der Waals surface area (Å²) in [5.74, 6) is 1.02. The largest absolute Gasteiger partial charge is 0.468 e. The molecular formula is C18H22N4O2. The summed E-state index contributed by atoms with van der Waals surface area (Å²) >= 11 is 0. The van der Waals surface area contributed by atoms with Gasteiger partial charge >= 0.3 is 0 Å². The lowest BCUT2D eigenvalue weighted by atomic mass is 9.95. The van der Waals surface area contributed by atoms with Crippen LogP contribution in [0.15, 0.2) is 47.3 Å². The summed E-state index contributed by atoms with van der Waals surface area (Å²) in [7, 11) is 0. The van der Waals surface area contributed by atoms with Crippen LogP contribution >= 0.6 is 0 Å². The molecule has 2 N–H and O–H groups in total. The summed E-state index contributed by atoms with van der Waals surface area (Å²) in [6.45, 7) is 0.808. The van der Waals surface area contributed by atoms with Crippen molar-refractivity contribution in [3.63, 3.8) is 0 Å². The Bertz CT molecular complexity index is 674. The van der Waals surface area contributed by atoms with Gasteiger partial charge in [0.15, 0.2) is 0 Å². The van der Waals surface area contributed by atoms with Crippen molar-refractivity contribution < 1.29 is 9.21 Å². The molecule has 4 rings (SSSR count). The molecule has 3 atom stereocenters. The molecule has 0 saturated carbocycles. The molecule has 6 heteroatoms. The number of carbonyl (C=O) groups excluding carboxylic acids is 1. The lowest BCUT2D eigenvalue weighted by Crippen LogP contribution is -2.48. The summed E-state index contributed by atoms with van der Waals surface area (Å²) in [4.78, 5) is 19.3. The van der Waals surface area contributed by atoms with E-state index in [2.05, 4.69) is 21.9 Å². The second-order valence-corrected chi connectivity index (χ2v) is 6.47. The first-order chi connectivity index (χ1) is 11.8. The average Bonchev–Trinajstić information content (AvgIpc) is 3.33. The normalized spacial score (nSPS) is 27.3. The Morgan fingerprint density at radius 1 is 1.25 bits per heavy atom. The molecule has 0 radical (unpaired) electrons. The number of hydrogen-bond acceptors (Lipinski definition) is 5. The Morgan fingerprint density at radius 3 is 3.00 bits per heavy atom. The quantitative estimate of drug-likeness (QED) is 0.906. The van der Waals surface area contributed by atoms with Crippen LogP contribution in [0.25, 0.3) is 0 Å². The number of hydrazine groups is 1. The molecule has 4 heterocycles. The zero-order chi connectivity index (χ0) is 16.4. The van der Waals surface area contributed by atoms with Gasteiger partial charge in [0.2, 0.25) is 5.91 Å². The Kier molecular flexibility index (Phi) is 4.32. The molecule has 2 fully saturated rings. The zero-order valence-electron chi connectivity index (χ0n) is 13.5. The molecule has 2 aliphatic rings. The zero-order valence-corrected chi connectivity index (χ0v) is 13.5. The third-order valence-electron chi connectivity index (χ3n) is 4.94. The van der Waals surface area contributed by atoms with Crippen LogP contribution in [0.5, 0.6) is 0 Å². The van der Waals surface area contributed by atoms with E-state index in [4.69, 9.17) is 4.42 Å². The van der Waals surface area contributed by atoms with Crippen LogP contribution in [0.4, 0.5) is 0 Å². The second-order valence-electron chi connectivity index (χ2n) is 6.47. The number of furan rings is 1. The number of carbonyl (C=O) groups is 1. The maximum absolute atomic E-state index is 13.1. The predicted molar refractivity (Wildman–Crippen MR) is 88.7 cm³/mol. The number of rotatable bonds is 3. The molecule has 0 aliphatic carbocycles. The van der Waals surface area contributed by atoms with Gasteiger partial charge in [-0.1, -0.05) is 6.07 Å². The van der Waals surface area contributed by atoms with Crippen molar-refractivity contribution in [3.05, 3.63) is 54.2 Å². The van der Waals surface area contributed by atoms with E-state index in [1.807, 2.05) is 29.3 Å². The third-order valence-corrected chi connectivity index (χ3v) is 4.94. The Balaban J connectivity index is 1.48. The van der Waals surface area contributed by atoms with Gasteiger partial charge in [-0.05, 0) is 49.4 Å². The fourth-order valence-electron chi connectivity index (χ4n) is 3.71. The maximum atomic E-state index is 13.1. The van der Waals surface area contributed by atoms with Gasteiger partial charge in [0.05, 0.1) is 18.3 Å². The van der Waals surface area contributed by atoms with Crippen molar-refractivity contribution in [2.75, 3.05) is 6.54 Å². The molecule has 2 aliphatic heterocycles. The SMILES string of the molecule is O=C(C1CC(c2ccco2)NN1)N1CCCC[C@@H]1c1cccnc1. The molecular weight excluding hydrogens is 304 g/mol. The van der Waals surface area contributed by atoms with Gasteiger partial charge in [-0.3, -0.25) is 9.78 Å². The van der Waals surface area contributed by atoms with Crippen LogP contribution in [0.3, 0.4) is 0 Å². The van der Waals surface area contributed by atoms with Crippen molar-refractivity contribution in [2.24, 2.45) is 0 Å². The number of pyridine rings is 1. The topological polar surface area (TPSA) is 70.4 Å². The number of amides is 1. The molecule has 0 aromatic carbocycles. The minimum absolute atomic E-state index is 0.0376. The van der Waals surface area contributed by atoms with E-state index < -0.39 is 0 Å². The van der Waals surface area contributed by atoms with Gasteiger partial charge in [0.25, 0.3) is 0 Å². The molecule has 126 valence electrons. The number of aromatic nitrogens is 1. The summed E-state index contributed by atoms with van der Waals surface area (Å²) in [6.07, 6.45) is 9.22. The van der Waals surface area contributed by atoms with Crippen LogP contribution in [0.1, 0.15) is 49.1 Å². The van der Waals surface area contributed by atoms with Crippen molar-refractivity contribution in [1.82, 2.24) is 20.7 Å². The van der Waals surface area contributed by atoms with Crippen molar-refractivity contribution in [1.29, 1.82) is 0 Å². The van der Waals surface area contributed by atoms with Crippen molar-refractivity contribution >= 4 is 5.91 Å². The summed E-state index contributed by atoms with van der Waals surface area (Å²) < 4.78 is 5.45. The molecule has 6 nitrogen and oxygen atoms in total. The van der Waals surface area contributed by atoms with E-state index in [-0.39, 0.29) is 24.0 Å². The van der Waals surface area contributed by atoms with Crippen LogP contribution < -0.4 is 10.9 Å². The lowest BCUT2D eigenvalue weighted by Gasteiger charge is -2.37. The van der Waals surface area contributed by atoms with E-state index in [1.165, 1.54) is 0 Å². The van der Waals surface area contributed by atoms with Crippen LogP contribution in [-0.2, 0) is 4.79 Å². The van der Waals surface area contributed by atoms with E-state index >= 15 is 0 Å². The molecule has 1 amide bonds. The van der Waals surface area contributed by atoms with Gasteiger partial charge in [-0.25, -0.2) is 10.9 Å². The minimum atomic E-state index is -0.225. The maximum Gasteiger partial charge on any atom is 0.241 e. The third kappa shape index (κ3) is 2.95. The fraction of sp³-hybridized carbons (Fsp3) is 0.444. The Labute approximate surface area is 141 Å². The van der Waals surface area contributed by atoms with Crippen molar-refractivity contribution in [2.45, 2.75) is 43.8 Å². The van der Waals surface area contributed by atoms with E-state index in [9.17, 15) is 4.79 Å². The van der Waals surface area contributed by atoms with E-state index in [1.54, 1.807) is 12.5 Å². The molecule has 0 bridgehead atoms. The first-order valence-electron chi connectivity index (χ1n) is 8.58. The number of nitrogens with zero attached hydrogens (tertiary/aromatic N) is 2. The van der Waals surface area contributed by atoms with Gasteiger partial charge in [-0.15, -0.1) is 0 Å². The summed E-state index contributed by atoms with van der Waals surface area (Å²) in [6, 6.07) is 7.75. The van der Waals surface area contributed by atoms with Gasteiger partial charge in [0, 0.05) is 18.9 Å². The highest BCUT2D eigenvalue weighted by Gasteiger charge is 2.37. The average molecular weight is 326 g/mol. The molecule has 24 heavy (non-hydrogen) atoms. The molecule has 2 saturated heterocycles. The number of likely N-dealkylation sites (tertiary alicyclic amines) is 1. The molecule has 2 unspecified atom stereocenters. The van der Waals surface area contributed by atoms with Crippen LogP contribution in [0, 0.1) is 0 Å². The standard InChI is InChI=1S/C18H22N4O2/c23-18(15-11-14(20-21-15)17-7-4-10-24-17)22-9-2-1-6-16(22)13-5-3-8-19-12-13/h3-5,7-8,10,12,14-16,20-21H,1-2,6,9,11H2/t14?,15?,16-/m1/s1. The highest BCUT2D eigenvalue weighted by molar-refractivity contribution is 5.82. The Morgan fingerprint density at radius 2 is 2.21 bits per heavy atom. The first-order valence-corrected chi connectivity index (χ1v) is 8.58. The first kappa shape index (κ1) is 15.4. The monoisotopic (exact) mass is 326 g/mol. The Hall–Kier alpha value is -2.18. The lowest BCUT2D eigenvalue weighted by molar-refractivity contribution is -0.137. The van der Waals surface area contributed by atoms with E-state index in [0.717, 1.165) is 37.1 Å². The number of piperidine rings is 1. The molecule has 2 aromatic heterocycles. The molecule has 0 spiro atoms. The van der Waals surface area contributed by atoms with Crippen LogP contribution in [-0.4, -0.2) is 28.4 Å².